The molecule has 0 aromatic heterocycles. The van der Waals surface area contributed by atoms with E-state index in [1.807, 2.05) is 19.1 Å². The maximum atomic E-state index is 12.6. The Balaban J connectivity index is 2.64. The first-order chi connectivity index (χ1) is 14.6. The van der Waals surface area contributed by atoms with Crippen LogP contribution in [0.25, 0.3) is 0 Å². The summed E-state index contributed by atoms with van der Waals surface area (Å²) < 4.78 is 23.3. The van der Waals surface area contributed by atoms with Crippen molar-refractivity contribution in [1.82, 2.24) is 0 Å². The van der Waals surface area contributed by atoms with Crippen LogP contribution in [-0.2, 0) is 18.9 Å². The summed E-state index contributed by atoms with van der Waals surface area (Å²) >= 11 is 0. The van der Waals surface area contributed by atoms with Crippen molar-refractivity contribution in [2.75, 3.05) is 13.9 Å². The van der Waals surface area contributed by atoms with Gasteiger partial charge in [0.05, 0.1) is 6.10 Å². The van der Waals surface area contributed by atoms with E-state index < -0.39 is 23.3 Å². The molecule has 0 bridgehead atoms. The van der Waals surface area contributed by atoms with Gasteiger partial charge in [-0.2, -0.15) is 0 Å². The van der Waals surface area contributed by atoms with Crippen LogP contribution in [0, 0.1) is 10.8 Å². The van der Waals surface area contributed by atoms with Crippen LogP contribution in [0.1, 0.15) is 67.2 Å². The zero-order chi connectivity index (χ0) is 23.3. The van der Waals surface area contributed by atoms with Crippen molar-refractivity contribution < 1.29 is 23.7 Å². The number of ether oxygens (including phenoxy) is 4. The third kappa shape index (κ3) is 4.98. The van der Waals surface area contributed by atoms with Gasteiger partial charge in [-0.25, -0.2) is 4.79 Å². The minimum atomic E-state index is -0.870. The van der Waals surface area contributed by atoms with Crippen LogP contribution >= 0.6 is 0 Å². The third-order valence-electron chi connectivity index (χ3n) is 6.79. The van der Waals surface area contributed by atoms with Crippen molar-refractivity contribution in [3.05, 3.63) is 48.1 Å². The van der Waals surface area contributed by atoms with Gasteiger partial charge in [0.2, 0.25) is 0 Å². The van der Waals surface area contributed by atoms with Gasteiger partial charge < -0.3 is 18.9 Å². The van der Waals surface area contributed by atoms with Gasteiger partial charge in [-0.3, -0.25) is 0 Å². The van der Waals surface area contributed by atoms with Gasteiger partial charge in [0.25, 0.3) is 0 Å². The second-order valence-corrected chi connectivity index (χ2v) is 9.66. The van der Waals surface area contributed by atoms with Gasteiger partial charge >= 0.3 is 6.16 Å². The number of methoxy groups -OCH3 is 1. The molecule has 0 aromatic rings. The van der Waals surface area contributed by atoms with Crippen molar-refractivity contribution in [2.24, 2.45) is 10.8 Å². The summed E-state index contributed by atoms with van der Waals surface area (Å²) in [5.74, 6) is 0. The van der Waals surface area contributed by atoms with E-state index in [1.54, 1.807) is 7.11 Å². The average molecular weight is 433 g/mol. The highest BCUT2D eigenvalue weighted by atomic mass is 16.8. The molecule has 0 spiro atoms. The monoisotopic (exact) mass is 432 g/mol. The molecule has 0 N–H and O–H groups in total. The molecule has 4 atom stereocenters. The SMILES string of the molecule is C=CC[C@@]1(C)C([C@@H]2OC(=O)O[C@@]2(CC=C(C)C)C(C)(C)/C=C/C)=CCC[C@@H]1OCOC. The Bertz CT molecular complexity index is 743. The molecule has 0 unspecified atom stereocenters. The zero-order valence-electron chi connectivity index (χ0n) is 20.3. The van der Waals surface area contributed by atoms with Gasteiger partial charge in [0.1, 0.15) is 6.79 Å². The second-order valence-electron chi connectivity index (χ2n) is 9.66. The summed E-state index contributed by atoms with van der Waals surface area (Å²) in [6, 6.07) is 0. The summed E-state index contributed by atoms with van der Waals surface area (Å²) in [5, 5.41) is 0. The predicted molar refractivity (Wildman–Crippen MR) is 124 cm³/mol. The zero-order valence-corrected chi connectivity index (χ0v) is 20.3. The minimum absolute atomic E-state index is 0.0734. The fourth-order valence-corrected chi connectivity index (χ4v) is 5.03. The van der Waals surface area contributed by atoms with Crippen LogP contribution in [0.5, 0.6) is 0 Å². The van der Waals surface area contributed by atoms with E-state index >= 15 is 0 Å². The van der Waals surface area contributed by atoms with Crippen LogP contribution in [0.4, 0.5) is 4.79 Å². The van der Waals surface area contributed by atoms with Crippen molar-refractivity contribution in [1.29, 1.82) is 0 Å². The summed E-state index contributed by atoms with van der Waals surface area (Å²) in [6.07, 6.45) is 12.1. The number of hydrogen-bond acceptors (Lipinski definition) is 5. The summed E-state index contributed by atoms with van der Waals surface area (Å²) in [5.41, 5.74) is 0.501. The normalized spacial score (nSPS) is 31.2. The van der Waals surface area contributed by atoms with Gasteiger partial charge in [-0.05, 0) is 45.6 Å². The Hall–Kier alpha value is -1.85. The summed E-state index contributed by atoms with van der Waals surface area (Å²) in [6.45, 7) is 16.7. The first-order valence-electron chi connectivity index (χ1n) is 11.2. The molecular formula is C26H40O5. The van der Waals surface area contributed by atoms with Crippen LogP contribution in [0.3, 0.4) is 0 Å². The van der Waals surface area contributed by atoms with Crippen molar-refractivity contribution in [3.63, 3.8) is 0 Å². The molecule has 2 aliphatic rings. The topological polar surface area (TPSA) is 54.0 Å². The molecule has 1 heterocycles. The highest BCUT2D eigenvalue weighted by Crippen LogP contribution is 2.54. The molecule has 174 valence electrons. The van der Waals surface area contributed by atoms with Crippen molar-refractivity contribution in [2.45, 2.75) is 85.0 Å². The van der Waals surface area contributed by atoms with Crippen LogP contribution in [0.2, 0.25) is 0 Å². The first kappa shape index (κ1) is 25.4. The number of carbonyl (C=O) groups is 1. The molecule has 0 saturated carbocycles. The van der Waals surface area contributed by atoms with E-state index in [0.29, 0.717) is 12.8 Å². The smallest absolute Gasteiger partial charge is 0.422 e. The lowest BCUT2D eigenvalue weighted by Gasteiger charge is -2.49. The van der Waals surface area contributed by atoms with E-state index in [4.69, 9.17) is 18.9 Å². The number of allylic oxidation sites excluding steroid dienone is 4. The van der Waals surface area contributed by atoms with Crippen LogP contribution in [-0.4, -0.2) is 37.9 Å². The lowest BCUT2D eigenvalue weighted by Crippen LogP contribution is -2.55. The minimum Gasteiger partial charge on any atom is -0.422 e. The lowest BCUT2D eigenvalue weighted by atomic mass is 9.60. The van der Waals surface area contributed by atoms with Gasteiger partial charge in [0, 0.05) is 24.4 Å². The summed E-state index contributed by atoms with van der Waals surface area (Å²) in [4.78, 5) is 12.6. The highest BCUT2D eigenvalue weighted by Gasteiger charge is 2.62. The molecule has 1 saturated heterocycles. The molecule has 1 fully saturated rings. The Morgan fingerprint density at radius 2 is 2.06 bits per heavy atom. The lowest BCUT2D eigenvalue weighted by molar-refractivity contribution is -0.119. The van der Waals surface area contributed by atoms with Crippen LogP contribution < -0.4 is 0 Å². The van der Waals surface area contributed by atoms with Gasteiger partial charge in [0.15, 0.2) is 11.7 Å². The highest BCUT2D eigenvalue weighted by molar-refractivity contribution is 5.65. The number of cyclic esters (lactones) is 2. The maximum Gasteiger partial charge on any atom is 0.509 e. The summed E-state index contributed by atoms with van der Waals surface area (Å²) in [7, 11) is 1.63. The molecule has 0 aromatic carbocycles. The van der Waals surface area contributed by atoms with E-state index in [9.17, 15) is 4.79 Å². The Kier molecular flexibility index (Phi) is 8.34. The molecule has 2 rings (SSSR count). The molecule has 0 amide bonds. The molecule has 31 heavy (non-hydrogen) atoms. The molecule has 1 aliphatic heterocycles. The van der Waals surface area contributed by atoms with Crippen molar-refractivity contribution >= 4 is 6.16 Å². The Labute approximate surface area is 188 Å². The number of carbonyl (C=O) groups excluding carboxylic acids is 1. The van der Waals surface area contributed by atoms with E-state index in [1.165, 1.54) is 5.57 Å². The van der Waals surface area contributed by atoms with Gasteiger partial charge in [-0.15, -0.1) is 6.58 Å². The predicted octanol–water partition coefficient (Wildman–Crippen LogP) is 6.51. The maximum absolute atomic E-state index is 12.6. The Morgan fingerprint density at radius 1 is 1.35 bits per heavy atom. The quantitative estimate of drug-likeness (QED) is 0.224. The second kappa shape index (κ2) is 10.2. The molecule has 5 nitrogen and oxygen atoms in total. The van der Waals surface area contributed by atoms with E-state index in [0.717, 1.165) is 18.4 Å². The average Bonchev–Trinajstić information content (AvgIpc) is 3.03. The fourth-order valence-electron chi connectivity index (χ4n) is 5.03. The van der Waals surface area contributed by atoms with E-state index in [-0.39, 0.29) is 18.3 Å². The molecule has 5 heteroatoms. The number of hydrogen-bond donors (Lipinski definition) is 0. The van der Waals surface area contributed by atoms with Gasteiger partial charge in [-0.1, -0.05) is 56.7 Å². The fraction of sp³-hybridized carbons (Fsp3) is 0.654. The first-order valence-corrected chi connectivity index (χ1v) is 11.2. The largest absolute Gasteiger partial charge is 0.509 e. The van der Waals surface area contributed by atoms with Crippen LogP contribution in [0.15, 0.2) is 48.1 Å². The third-order valence-corrected chi connectivity index (χ3v) is 6.79. The molecule has 1 aliphatic carbocycles. The standard InChI is InChI=1S/C26H40O5/c1-9-15-24(5,6)26(17-14-19(3)4)22(30-23(27)31-26)20-12-11-13-21(29-18-28-8)25(20,7)16-10-2/h9-10,12,14-15,21-22H,2,11,13,16-18H2,1,3-8H3/b15-9+/t21-,22-,25-,26+/m0/s1. The number of rotatable bonds is 10. The van der Waals surface area contributed by atoms with E-state index in [2.05, 4.69) is 59.4 Å². The molecular weight excluding hydrogens is 392 g/mol. The Morgan fingerprint density at radius 3 is 2.65 bits per heavy atom. The van der Waals surface area contributed by atoms with Crippen molar-refractivity contribution in [3.8, 4) is 0 Å². The molecule has 0 radical (unpaired) electrons.